The number of nitrogens with zero attached hydrogens (tertiary/aromatic N) is 2. The van der Waals surface area contributed by atoms with Gasteiger partial charge in [-0.3, -0.25) is 9.10 Å². The molecule has 0 radical (unpaired) electrons. The minimum atomic E-state index is -3.67. The number of benzene rings is 1. The van der Waals surface area contributed by atoms with Crippen LogP contribution in [-0.2, 0) is 14.8 Å². The highest BCUT2D eigenvalue weighted by Gasteiger charge is 2.23. The maximum absolute atomic E-state index is 13.3. The quantitative estimate of drug-likeness (QED) is 0.734. The fraction of sp³-hybridized carbons (Fsp3) is 0.533. The van der Waals surface area contributed by atoms with E-state index in [1.807, 2.05) is 13.8 Å². The van der Waals surface area contributed by atoms with E-state index in [1.165, 1.54) is 18.2 Å². The smallest absolute Gasteiger partial charge is 0.243 e. The zero-order valence-corrected chi connectivity index (χ0v) is 14.1. The average Bonchev–Trinajstić information content (AvgIpc) is 2.43. The van der Waals surface area contributed by atoms with E-state index in [0.717, 1.165) is 29.5 Å². The molecule has 124 valence electrons. The molecule has 0 atom stereocenters. The summed E-state index contributed by atoms with van der Waals surface area (Å²) < 4.78 is 38.2. The van der Waals surface area contributed by atoms with E-state index in [0.29, 0.717) is 13.1 Å². The molecule has 0 aliphatic rings. The first-order valence-corrected chi connectivity index (χ1v) is 9.15. The lowest BCUT2D eigenvalue weighted by Gasteiger charge is -2.27. The highest BCUT2D eigenvalue weighted by atomic mass is 32.2. The molecule has 22 heavy (non-hydrogen) atoms. The van der Waals surface area contributed by atoms with Crippen molar-refractivity contribution in [1.82, 2.24) is 4.90 Å². The number of hydrogen-bond acceptors (Lipinski definition) is 3. The van der Waals surface area contributed by atoms with Crippen LogP contribution in [0.15, 0.2) is 24.3 Å². The summed E-state index contributed by atoms with van der Waals surface area (Å²) in [5.41, 5.74) is 0.156. The van der Waals surface area contributed by atoms with Crippen LogP contribution in [0, 0.1) is 5.82 Å². The van der Waals surface area contributed by atoms with Gasteiger partial charge in [0.15, 0.2) is 0 Å². The Hall–Kier alpha value is -1.63. The summed E-state index contributed by atoms with van der Waals surface area (Å²) >= 11 is 0. The van der Waals surface area contributed by atoms with E-state index >= 15 is 0 Å². The fourth-order valence-corrected chi connectivity index (χ4v) is 3.00. The number of rotatable bonds is 8. The molecule has 0 bridgehead atoms. The van der Waals surface area contributed by atoms with Gasteiger partial charge < -0.3 is 4.90 Å². The number of amides is 1. The monoisotopic (exact) mass is 330 g/mol. The number of hydrogen-bond donors (Lipinski definition) is 0. The van der Waals surface area contributed by atoms with Gasteiger partial charge in [0.2, 0.25) is 15.9 Å². The van der Waals surface area contributed by atoms with Gasteiger partial charge in [0, 0.05) is 13.1 Å². The predicted octanol–water partition coefficient (Wildman–Crippen LogP) is 2.24. The molecule has 0 aromatic heterocycles. The van der Waals surface area contributed by atoms with Gasteiger partial charge in [-0.15, -0.1) is 0 Å². The van der Waals surface area contributed by atoms with E-state index in [2.05, 4.69) is 0 Å². The first kappa shape index (κ1) is 18.4. The van der Waals surface area contributed by atoms with Crippen LogP contribution in [0.5, 0.6) is 0 Å². The lowest BCUT2D eigenvalue weighted by Crippen LogP contribution is -2.43. The molecule has 0 fully saturated rings. The van der Waals surface area contributed by atoms with Crippen LogP contribution in [0.2, 0.25) is 0 Å². The molecule has 0 saturated heterocycles. The fourth-order valence-electron chi connectivity index (χ4n) is 2.16. The molecule has 1 rings (SSSR count). The van der Waals surface area contributed by atoms with Crippen LogP contribution in [0.3, 0.4) is 0 Å². The zero-order valence-electron chi connectivity index (χ0n) is 13.3. The van der Waals surface area contributed by atoms with Crippen molar-refractivity contribution in [3.05, 3.63) is 30.1 Å². The summed E-state index contributed by atoms with van der Waals surface area (Å²) in [5.74, 6) is -0.823. The van der Waals surface area contributed by atoms with E-state index in [1.54, 1.807) is 4.90 Å². The maximum Gasteiger partial charge on any atom is 0.243 e. The maximum atomic E-state index is 13.3. The van der Waals surface area contributed by atoms with Gasteiger partial charge in [-0.1, -0.05) is 19.9 Å². The van der Waals surface area contributed by atoms with Gasteiger partial charge >= 0.3 is 0 Å². The van der Waals surface area contributed by atoms with Crippen LogP contribution in [-0.4, -0.2) is 45.1 Å². The minimum Gasteiger partial charge on any atom is -0.341 e. The summed E-state index contributed by atoms with van der Waals surface area (Å²) in [6.07, 6.45) is 2.60. The van der Waals surface area contributed by atoms with Crippen LogP contribution < -0.4 is 4.31 Å². The number of sulfonamides is 1. The second kappa shape index (κ2) is 8.12. The Labute approximate surface area is 131 Å². The molecule has 1 aromatic rings. The second-order valence-corrected chi connectivity index (χ2v) is 7.04. The van der Waals surface area contributed by atoms with Crippen molar-refractivity contribution >= 4 is 21.6 Å². The molecule has 0 aliphatic heterocycles. The molecule has 1 amide bonds. The Morgan fingerprint density at radius 3 is 2.23 bits per heavy atom. The van der Waals surface area contributed by atoms with Gasteiger partial charge in [-0.05, 0) is 31.0 Å². The molecule has 5 nitrogen and oxygen atoms in total. The third kappa shape index (κ3) is 5.29. The third-order valence-electron chi connectivity index (χ3n) is 3.12. The Bertz CT molecular complexity index is 599. The van der Waals surface area contributed by atoms with Crippen molar-refractivity contribution in [2.45, 2.75) is 26.7 Å². The van der Waals surface area contributed by atoms with Crippen molar-refractivity contribution in [3.63, 3.8) is 0 Å². The number of anilines is 1. The van der Waals surface area contributed by atoms with Crippen LogP contribution >= 0.6 is 0 Å². The lowest BCUT2D eigenvalue weighted by atomic mass is 10.3. The standard InChI is InChI=1S/C15H23FN2O3S/c1-4-9-17(10-5-2)15(19)12-18(22(3,20)21)14-8-6-7-13(16)11-14/h6-8,11H,4-5,9-10,12H2,1-3H3. The van der Waals surface area contributed by atoms with Gasteiger partial charge in [0.1, 0.15) is 12.4 Å². The summed E-state index contributed by atoms with van der Waals surface area (Å²) in [4.78, 5) is 14.0. The summed E-state index contributed by atoms with van der Waals surface area (Å²) in [6, 6.07) is 5.23. The van der Waals surface area contributed by atoms with Crippen molar-refractivity contribution < 1.29 is 17.6 Å². The minimum absolute atomic E-state index is 0.156. The van der Waals surface area contributed by atoms with Crippen LogP contribution in [0.25, 0.3) is 0 Å². The zero-order chi connectivity index (χ0) is 16.8. The molecule has 0 heterocycles. The average molecular weight is 330 g/mol. The highest BCUT2D eigenvalue weighted by Crippen LogP contribution is 2.18. The molecule has 0 N–H and O–H groups in total. The van der Waals surface area contributed by atoms with E-state index in [-0.39, 0.29) is 18.1 Å². The highest BCUT2D eigenvalue weighted by molar-refractivity contribution is 7.92. The number of carbonyl (C=O) groups is 1. The molecule has 0 spiro atoms. The Balaban J connectivity index is 3.02. The van der Waals surface area contributed by atoms with Gasteiger partial charge in [-0.2, -0.15) is 0 Å². The first-order chi connectivity index (χ1) is 10.3. The molecule has 7 heteroatoms. The summed E-state index contributed by atoms with van der Waals surface area (Å²) in [7, 11) is -3.67. The predicted molar refractivity (Wildman–Crippen MR) is 85.8 cm³/mol. The molecule has 0 saturated carbocycles. The van der Waals surface area contributed by atoms with E-state index in [9.17, 15) is 17.6 Å². The van der Waals surface area contributed by atoms with E-state index in [4.69, 9.17) is 0 Å². The Morgan fingerprint density at radius 2 is 1.77 bits per heavy atom. The number of carbonyl (C=O) groups excluding carboxylic acids is 1. The van der Waals surface area contributed by atoms with Gasteiger partial charge in [0.05, 0.1) is 11.9 Å². The molecule has 0 unspecified atom stereocenters. The third-order valence-corrected chi connectivity index (χ3v) is 4.26. The Kier molecular flexibility index (Phi) is 6.80. The van der Waals surface area contributed by atoms with Crippen LogP contribution in [0.4, 0.5) is 10.1 Å². The molecular weight excluding hydrogens is 307 g/mol. The van der Waals surface area contributed by atoms with Gasteiger partial charge in [-0.25, -0.2) is 12.8 Å². The van der Waals surface area contributed by atoms with Gasteiger partial charge in [0.25, 0.3) is 0 Å². The first-order valence-electron chi connectivity index (χ1n) is 7.30. The largest absolute Gasteiger partial charge is 0.341 e. The normalized spacial score (nSPS) is 11.3. The van der Waals surface area contributed by atoms with Crippen molar-refractivity contribution in [2.24, 2.45) is 0 Å². The second-order valence-electron chi connectivity index (χ2n) is 5.13. The van der Waals surface area contributed by atoms with E-state index < -0.39 is 15.8 Å². The lowest BCUT2D eigenvalue weighted by molar-refractivity contribution is -0.129. The Morgan fingerprint density at radius 1 is 1.18 bits per heavy atom. The molecule has 1 aromatic carbocycles. The number of halogens is 1. The van der Waals surface area contributed by atoms with Crippen molar-refractivity contribution in [1.29, 1.82) is 0 Å². The summed E-state index contributed by atoms with van der Waals surface area (Å²) in [6.45, 7) is 4.75. The topological polar surface area (TPSA) is 57.7 Å². The van der Waals surface area contributed by atoms with Crippen molar-refractivity contribution in [2.75, 3.05) is 30.2 Å². The molecular formula is C15H23FN2O3S. The SMILES string of the molecule is CCCN(CCC)C(=O)CN(c1cccc(F)c1)S(C)(=O)=O. The van der Waals surface area contributed by atoms with Crippen LogP contribution in [0.1, 0.15) is 26.7 Å². The molecule has 0 aliphatic carbocycles. The van der Waals surface area contributed by atoms with Crippen molar-refractivity contribution in [3.8, 4) is 0 Å². The summed E-state index contributed by atoms with van der Waals surface area (Å²) in [5, 5.41) is 0.